The molecule has 1 rings (SSSR count). The fourth-order valence-corrected chi connectivity index (χ4v) is 1.68. The van der Waals surface area contributed by atoms with Gasteiger partial charge in [-0.15, -0.1) is 0 Å². The van der Waals surface area contributed by atoms with E-state index in [-0.39, 0.29) is 5.97 Å². The summed E-state index contributed by atoms with van der Waals surface area (Å²) in [6.07, 6.45) is 2.38. The fourth-order valence-electron chi connectivity index (χ4n) is 1.30. The van der Waals surface area contributed by atoms with Crippen LogP contribution in [0.25, 0.3) is 0 Å². The van der Waals surface area contributed by atoms with Gasteiger partial charge in [0.15, 0.2) is 0 Å². The first-order valence-corrected chi connectivity index (χ1v) is 6.12. The number of rotatable bonds is 5. The molecule has 0 radical (unpaired) electrons. The summed E-state index contributed by atoms with van der Waals surface area (Å²) in [5, 5.41) is 0. The number of benzene rings is 1. The normalized spacial score (nSPS) is 11.1. The second-order valence-corrected chi connectivity index (χ2v) is 4.26. The molecule has 0 atom stereocenters. The summed E-state index contributed by atoms with van der Waals surface area (Å²) in [5.41, 5.74) is 0.627. The Morgan fingerprint density at radius 1 is 1.47 bits per heavy atom. The smallest absolute Gasteiger partial charge is 0.333 e. The molecule has 0 bridgehead atoms. The lowest BCUT2D eigenvalue weighted by molar-refractivity contribution is -0.136. The Morgan fingerprint density at radius 2 is 2.24 bits per heavy atom. The number of esters is 1. The summed E-state index contributed by atoms with van der Waals surface area (Å²) in [7, 11) is 1.38. The average molecular weight is 299 g/mol. The highest BCUT2D eigenvalue weighted by molar-refractivity contribution is 9.10. The van der Waals surface area contributed by atoms with Gasteiger partial charge < -0.3 is 9.47 Å². The highest BCUT2D eigenvalue weighted by Crippen LogP contribution is 2.17. The predicted molar refractivity (Wildman–Crippen MR) is 70.0 cm³/mol. The highest BCUT2D eigenvalue weighted by atomic mass is 79.9. The zero-order valence-corrected chi connectivity index (χ0v) is 11.5. The summed E-state index contributed by atoms with van der Waals surface area (Å²) < 4.78 is 11.1. The Labute approximate surface area is 110 Å². The van der Waals surface area contributed by atoms with Crippen molar-refractivity contribution in [2.75, 3.05) is 13.7 Å². The molecule has 0 amide bonds. The van der Waals surface area contributed by atoms with Gasteiger partial charge in [-0.05, 0) is 30.7 Å². The van der Waals surface area contributed by atoms with Crippen LogP contribution in [0.3, 0.4) is 0 Å². The lowest BCUT2D eigenvalue weighted by atomic mass is 10.2. The summed E-state index contributed by atoms with van der Waals surface area (Å²) in [4.78, 5) is 11.3. The van der Waals surface area contributed by atoms with Crippen molar-refractivity contribution in [3.05, 3.63) is 40.4 Å². The van der Waals surface area contributed by atoms with Gasteiger partial charge in [-0.1, -0.05) is 28.9 Å². The number of carbonyl (C=O) groups excluding carboxylic acids is 1. The number of carbonyl (C=O) groups is 1. The molecule has 3 nitrogen and oxygen atoms in total. The van der Waals surface area contributed by atoms with Crippen molar-refractivity contribution in [3.8, 4) is 5.75 Å². The van der Waals surface area contributed by atoms with E-state index < -0.39 is 0 Å². The minimum atomic E-state index is -0.301. The van der Waals surface area contributed by atoms with E-state index in [1.54, 1.807) is 6.08 Å². The third-order valence-electron chi connectivity index (χ3n) is 2.20. The molecule has 0 aliphatic carbocycles. The molecule has 0 fully saturated rings. The Bertz CT molecular complexity index is 413. The molecule has 0 unspecified atom stereocenters. The summed E-state index contributed by atoms with van der Waals surface area (Å²) >= 11 is 3.36. The Balaban J connectivity index is 2.56. The number of halogens is 1. The Kier molecular flexibility index (Phi) is 5.77. The molecule has 17 heavy (non-hydrogen) atoms. The molecule has 92 valence electrons. The molecule has 0 aliphatic heterocycles. The van der Waals surface area contributed by atoms with E-state index in [1.807, 2.05) is 31.2 Å². The molecule has 0 saturated heterocycles. The van der Waals surface area contributed by atoms with Gasteiger partial charge in [0.25, 0.3) is 0 Å². The van der Waals surface area contributed by atoms with Crippen molar-refractivity contribution in [2.24, 2.45) is 0 Å². The van der Waals surface area contributed by atoms with Crippen LogP contribution in [0.2, 0.25) is 0 Å². The molecular weight excluding hydrogens is 284 g/mol. The van der Waals surface area contributed by atoms with E-state index in [0.717, 1.165) is 10.2 Å². The van der Waals surface area contributed by atoms with Crippen LogP contribution in [0.15, 0.2) is 40.4 Å². The third kappa shape index (κ3) is 4.61. The van der Waals surface area contributed by atoms with Crippen molar-refractivity contribution in [3.63, 3.8) is 0 Å². The van der Waals surface area contributed by atoms with Crippen LogP contribution in [-0.4, -0.2) is 19.7 Å². The van der Waals surface area contributed by atoms with Crippen LogP contribution in [-0.2, 0) is 9.53 Å². The van der Waals surface area contributed by atoms with Gasteiger partial charge in [0.2, 0.25) is 0 Å². The highest BCUT2D eigenvalue weighted by Gasteiger charge is 2.05. The minimum absolute atomic E-state index is 0.301. The van der Waals surface area contributed by atoms with Crippen LogP contribution < -0.4 is 4.74 Å². The molecule has 0 N–H and O–H groups in total. The fraction of sp³-hybridized carbons (Fsp3) is 0.308. The van der Waals surface area contributed by atoms with Gasteiger partial charge in [0.1, 0.15) is 12.4 Å². The largest absolute Gasteiger partial charge is 0.489 e. The maximum Gasteiger partial charge on any atom is 0.333 e. The van der Waals surface area contributed by atoms with E-state index in [0.29, 0.717) is 18.6 Å². The van der Waals surface area contributed by atoms with E-state index in [4.69, 9.17) is 4.74 Å². The van der Waals surface area contributed by atoms with Crippen LogP contribution >= 0.6 is 15.9 Å². The Hall–Kier alpha value is -1.29. The van der Waals surface area contributed by atoms with Crippen LogP contribution in [0.5, 0.6) is 5.75 Å². The first-order valence-electron chi connectivity index (χ1n) is 5.33. The van der Waals surface area contributed by atoms with Gasteiger partial charge in [-0.25, -0.2) is 4.79 Å². The van der Waals surface area contributed by atoms with Gasteiger partial charge in [0.05, 0.1) is 7.11 Å². The lowest BCUT2D eigenvalue weighted by Gasteiger charge is -2.05. The predicted octanol–water partition coefficient (Wildman–Crippen LogP) is 3.34. The maximum atomic E-state index is 11.3. The van der Waals surface area contributed by atoms with Crippen LogP contribution in [0.1, 0.15) is 13.3 Å². The van der Waals surface area contributed by atoms with Crippen molar-refractivity contribution in [1.82, 2.24) is 0 Å². The summed E-state index contributed by atoms with van der Waals surface area (Å²) in [6, 6.07) is 7.55. The second-order valence-electron chi connectivity index (χ2n) is 3.34. The molecule has 0 aliphatic rings. The first-order chi connectivity index (χ1) is 8.17. The first kappa shape index (κ1) is 13.8. The zero-order chi connectivity index (χ0) is 12.7. The molecular formula is C13H15BrO3. The average Bonchev–Trinajstić information content (AvgIpc) is 2.34. The van der Waals surface area contributed by atoms with E-state index >= 15 is 0 Å². The molecule has 4 heteroatoms. The summed E-state index contributed by atoms with van der Waals surface area (Å²) in [5.74, 6) is 0.460. The quantitative estimate of drug-likeness (QED) is 0.618. The van der Waals surface area contributed by atoms with Crippen molar-refractivity contribution in [1.29, 1.82) is 0 Å². The molecule has 0 spiro atoms. The van der Waals surface area contributed by atoms with Crippen LogP contribution in [0.4, 0.5) is 0 Å². The third-order valence-corrected chi connectivity index (χ3v) is 2.70. The molecule has 0 saturated carbocycles. The number of hydrogen-bond acceptors (Lipinski definition) is 3. The zero-order valence-electron chi connectivity index (χ0n) is 9.90. The van der Waals surface area contributed by atoms with Gasteiger partial charge in [-0.2, -0.15) is 0 Å². The number of methoxy groups -OCH3 is 1. The SMILES string of the molecule is CCC(=CCOc1cccc(Br)c1)C(=O)OC. The molecule has 0 aromatic heterocycles. The van der Waals surface area contributed by atoms with Crippen molar-refractivity contribution in [2.45, 2.75) is 13.3 Å². The van der Waals surface area contributed by atoms with Crippen molar-refractivity contribution < 1.29 is 14.3 Å². The number of hydrogen-bond donors (Lipinski definition) is 0. The maximum absolute atomic E-state index is 11.3. The summed E-state index contributed by atoms with van der Waals surface area (Å²) in [6.45, 7) is 2.26. The Morgan fingerprint density at radius 3 is 2.82 bits per heavy atom. The van der Waals surface area contributed by atoms with Crippen LogP contribution in [0, 0.1) is 0 Å². The van der Waals surface area contributed by atoms with E-state index in [1.165, 1.54) is 7.11 Å². The van der Waals surface area contributed by atoms with Crippen molar-refractivity contribution >= 4 is 21.9 Å². The minimum Gasteiger partial charge on any atom is -0.489 e. The monoisotopic (exact) mass is 298 g/mol. The lowest BCUT2D eigenvalue weighted by Crippen LogP contribution is -2.06. The molecule has 1 aromatic rings. The standard InChI is InChI=1S/C13H15BrO3/c1-3-10(13(15)16-2)7-8-17-12-6-4-5-11(14)9-12/h4-7,9H,3,8H2,1-2H3. The van der Waals surface area contributed by atoms with E-state index in [9.17, 15) is 4.79 Å². The second kappa shape index (κ2) is 7.12. The van der Waals surface area contributed by atoms with Gasteiger partial charge in [0, 0.05) is 10.0 Å². The topological polar surface area (TPSA) is 35.5 Å². The van der Waals surface area contributed by atoms with Gasteiger partial charge in [-0.3, -0.25) is 0 Å². The number of ether oxygens (including phenoxy) is 2. The molecule has 0 heterocycles. The van der Waals surface area contributed by atoms with Gasteiger partial charge >= 0.3 is 5.97 Å². The van der Waals surface area contributed by atoms with E-state index in [2.05, 4.69) is 20.7 Å². The molecule has 1 aromatic carbocycles.